The minimum Gasteiger partial charge on any atom is -0.462 e. The van der Waals surface area contributed by atoms with Crippen LogP contribution in [0.15, 0.2) is 35.3 Å². The zero-order chi connectivity index (χ0) is 58.0. The Bertz CT molecular complexity index is 2330. The summed E-state index contributed by atoms with van der Waals surface area (Å²) in [6.07, 6.45) is -0.961. The fourth-order valence-corrected chi connectivity index (χ4v) is 12.0. The van der Waals surface area contributed by atoms with Gasteiger partial charge in [-0.3, -0.25) is 9.59 Å². The van der Waals surface area contributed by atoms with Gasteiger partial charge in [0, 0.05) is 56.2 Å². The third-order valence-corrected chi connectivity index (χ3v) is 16.6. The molecule has 444 valence electrons. The summed E-state index contributed by atoms with van der Waals surface area (Å²) >= 11 is 0. The SMILES string of the molecule is CCCCn1cc(C(=O)OCC)c(=O)c2cc(C=CCOCCO[C@H]3[C@H](C)OC(O[C@H]4[C@H](C)[C@@H](O[C@@H]5O[C@H](C)C[C@H](N(C)C)[C@H]5O)[C@](C)(O)C[C@@H](C)CN(C)[C@H](C)[C@H](O)[C@](C)(O)[C@@H](CC)OC(=O)[C@@H]4C)C[C@@]3(C)OC)ccc21. The molecule has 0 bridgehead atoms. The summed E-state index contributed by atoms with van der Waals surface area (Å²) in [5, 5.41) is 48.6. The summed E-state index contributed by atoms with van der Waals surface area (Å²) in [7, 11) is 7.21. The molecule has 19 nitrogen and oxygen atoms in total. The highest BCUT2D eigenvalue weighted by Crippen LogP contribution is 2.41. The highest BCUT2D eigenvalue weighted by atomic mass is 16.7. The van der Waals surface area contributed by atoms with Crippen molar-refractivity contribution < 1.29 is 72.6 Å². The van der Waals surface area contributed by atoms with Gasteiger partial charge < -0.3 is 77.4 Å². The lowest BCUT2D eigenvalue weighted by molar-refractivity contribution is -0.321. The van der Waals surface area contributed by atoms with E-state index < -0.39 is 102 Å². The standard InChI is InChI=1S/C59H97N3O16/c1-17-20-25-62-34-43(55(67)72-19-3)48(63)42-30-41(23-24-44(42)62)22-21-26-71-27-28-73-53-40(9)75-47(32-58(53,11)70-16)77-50-37(6)52(78-56-49(64)45(60(13)14)29-36(5)74-56)57(10,68)31-35(4)33-61(15)39(8)51(65)59(12,69)46(18-2)76-54(66)38(50)7/h21-24,30,34-40,45-47,49-53,56,64-65,68-69H,17-20,25-29,31-33H2,1-16H3/t35-,36-,37+,38-,39-,40+,45+,46-,47?,49-,50+,51+,52-,53+,56+,57-,58-,59-/m1/s1. The lowest BCUT2D eigenvalue weighted by Crippen LogP contribution is -2.61. The molecule has 78 heavy (non-hydrogen) atoms. The summed E-state index contributed by atoms with van der Waals surface area (Å²) in [4.78, 5) is 44.7. The second-order valence-corrected chi connectivity index (χ2v) is 23.4. The molecule has 19 heteroatoms. The van der Waals surface area contributed by atoms with Gasteiger partial charge in [-0.05, 0) is 126 Å². The Morgan fingerprint density at radius 1 is 0.949 bits per heavy atom. The van der Waals surface area contributed by atoms with Crippen molar-refractivity contribution in [3.8, 4) is 0 Å². The first-order valence-corrected chi connectivity index (χ1v) is 28.4. The molecule has 5 rings (SSSR count). The first-order chi connectivity index (χ1) is 36.6. The van der Waals surface area contributed by atoms with Crippen molar-refractivity contribution in [2.24, 2.45) is 17.8 Å². The van der Waals surface area contributed by atoms with Crippen LogP contribution in [-0.2, 0) is 54.0 Å². The minimum absolute atomic E-state index is 0.0102. The monoisotopic (exact) mass is 1100 g/mol. The summed E-state index contributed by atoms with van der Waals surface area (Å²) in [6.45, 7) is 23.7. The van der Waals surface area contributed by atoms with E-state index in [1.807, 2.05) is 94.4 Å². The number of aliphatic hydroxyl groups excluding tert-OH is 2. The van der Waals surface area contributed by atoms with Crippen LogP contribution in [0.4, 0.5) is 0 Å². The smallest absolute Gasteiger partial charge is 0.343 e. The van der Waals surface area contributed by atoms with E-state index in [0.717, 1.165) is 23.9 Å². The quantitative estimate of drug-likeness (QED) is 0.0942. The fraction of sp³-hybridized carbons (Fsp3) is 0.780. The molecule has 1 aromatic heterocycles. The number of ether oxygens (including phenoxy) is 9. The molecule has 4 heterocycles. The van der Waals surface area contributed by atoms with Crippen LogP contribution in [0.5, 0.6) is 0 Å². The second kappa shape index (κ2) is 28.5. The molecule has 0 aliphatic carbocycles. The third-order valence-electron chi connectivity index (χ3n) is 16.6. The number of fused-ring (bicyclic) bond motifs is 1. The van der Waals surface area contributed by atoms with Gasteiger partial charge in [0.05, 0.1) is 73.5 Å². The van der Waals surface area contributed by atoms with E-state index in [1.165, 1.54) is 6.92 Å². The Labute approximate surface area is 463 Å². The number of likely N-dealkylation sites (N-methyl/N-ethyl adjacent to an activating group) is 2. The summed E-state index contributed by atoms with van der Waals surface area (Å²) in [6, 6.07) is 4.72. The molecule has 3 fully saturated rings. The number of methoxy groups -OCH3 is 1. The topological polar surface area (TPSA) is 227 Å². The molecule has 0 saturated carbocycles. The Kier molecular flexibility index (Phi) is 23.9. The van der Waals surface area contributed by atoms with Crippen molar-refractivity contribution in [1.82, 2.24) is 14.4 Å². The average molecular weight is 1100 g/mol. The van der Waals surface area contributed by atoms with Crippen molar-refractivity contribution in [2.45, 2.75) is 218 Å². The number of benzene rings is 1. The number of hydrogen-bond donors (Lipinski definition) is 4. The van der Waals surface area contributed by atoms with Crippen molar-refractivity contribution in [3.05, 3.63) is 51.8 Å². The van der Waals surface area contributed by atoms with Crippen LogP contribution in [0, 0.1) is 17.8 Å². The van der Waals surface area contributed by atoms with Gasteiger partial charge in [-0.25, -0.2) is 4.79 Å². The van der Waals surface area contributed by atoms with Crippen LogP contribution in [0.1, 0.15) is 138 Å². The summed E-state index contributed by atoms with van der Waals surface area (Å²) < 4.78 is 58.6. The van der Waals surface area contributed by atoms with Gasteiger partial charge in [-0.15, -0.1) is 0 Å². The van der Waals surface area contributed by atoms with Crippen LogP contribution in [-0.4, -0.2) is 198 Å². The van der Waals surface area contributed by atoms with E-state index in [9.17, 15) is 34.8 Å². The Hall–Kier alpha value is -3.41. The van der Waals surface area contributed by atoms with Crippen molar-refractivity contribution in [2.75, 3.05) is 61.2 Å². The molecule has 1 aromatic carbocycles. The van der Waals surface area contributed by atoms with Crippen LogP contribution < -0.4 is 5.43 Å². The minimum atomic E-state index is -1.84. The molecule has 0 spiro atoms. The number of aliphatic hydroxyl groups is 4. The maximum atomic E-state index is 14.6. The average Bonchev–Trinajstić information content (AvgIpc) is 3.42. The van der Waals surface area contributed by atoms with Crippen LogP contribution in [0.25, 0.3) is 17.0 Å². The van der Waals surface area contributed by atoms with Crippen LogP contribution in [0.3, 0.4) is 0 Å². The number of carbonyl (C=O) groups excluding carboxylic acids is 2. The highest BCUT2D eigenvalue weighted by Gasteiger charge is 2.53. The van der Waals surface area contributed by atoms with E-state index >= 15 is 0 Å². The van der Waals surface area contributed by atoms with Gasteiger partial charge in [-0.1, -0.05) is 52.3 Å². The summed E-state index contributed by atoms with van der Waals surface area (Å²) in [5.41, 5.74) is -3.26. The van der Waals surface area contributed by atoms with Gasteiger partial charge in [0.15, 0.2) is 12.6 Å². The molecule has 3 saturated heterocycles. The zero-order valence-electron chi connectivity index (χ0n) is 49.6. The zero-order valence-corrected chi connectivity index (χ0v) is 49.6. The van der Waals surface area contributed by atoms with Crippen LogP contribution in [0.2, 0.25) is 0 Å². The first kappa shape index (κ1) is 65.4. The Morgan fingerprint density at radius 3 is 2.29 bits per heavy atom. The van der Waals surface area contributed by atoms with Crippen molar-refractivity contribution >= 4 is 28.9 Å². The molecule has 3 aliphatic heterocycles. The summed E-state index contributed by atoms with van der Waals surface area (Å²) in [5.74, 6) is -3.37. The number of aryl methyl sites for hydroxylation is 1. The van der Waals surface area contributed by atoms with Gasteiger partial charge in [0.1, 0.15) is 35.6 Å². The van der Waals surface area contributed by atoms with E-state index in [1.54, 1.807) is 54.0 Å². The number of esters is 2. The van der Waals surface area contributed by atoms with Gasteiger partial charge >= 0.3 is 11.9 Å². The van der Waals surface area contributed by atoms with E-state index in [0.29, 0.717) is 24.9 Å². The van der Waals surface area contributed by atoms with Crippen molar-refractivity contribution in [1.29, 1.82) is 0 Å². The predicted molar refractivity (Wildman–Crippen MR) is 297 cm³/mol. The molecule has 18 atom stereocenters. The molecule has 3 aliphatic rings. The lowest BCUT2D eigenvalue weighted by atomic mass is 9.77. The Morgan fingerprint density at radius 2 is 1.65 bits per heavy atom. The number of aromatic nitrogens is 1. The number of nitrogens with zero attached hydrogens (tertiary/aromatic N) is 3. The van der Waals surface area contributed by atoms with Gasteiger partial charge in [0.25, 0.3) is 0 Å². The number of cyclic esters (lactones) is 1. The molecular weight excluding hydrogens is 1010 g/mol. The second-order valence-electron chi connectivity index (χ2n) is 23.4. The number of rotatable bonds is 19. The third kappa shape index (κ3) is 15.8. The molecular formula is C59H97N3O16. The fourth-order valence-electron chi connectivity index (χ4n) is 12.0. The van der Waals surface area contributed by atoms with Gasteiger partial charge in [-0.2, -0.15) is 0 Å². The maximum Gasteiger partial charge on any atom is 0.343 e. The van der Waals surface area contributed by atoms with Gasteiger partial charge in [0.2, 0.25) is 5.43 Å². The number of hydrogen-bond acceptors (Lipinski definition) is 18. The normalized spacial score (nSPS) is 37.1. The number of pyridine rings is 1. The number of carbonyl (C=O) groups is 2. The maximum absolute atomic E-state index is 14.6. The van der Waals surface area contributed by atoms with E-state index in [4.69, 9.17) is 42.6 Å². The predicted octanol–water partition coefficient (Wildman–Crippen LogP) is 5.95. The first-order valence-electron chi connectivity index (χ1n) is 28.4. The molecule has 0 amide bonds. The van der Waals surface area contributed by atoms with E-state index in [2.05, 4.69) is 6.92 Å². The molecule has 1 unspecified atom stereocenters. The van der Waals surface area contributed by atoms with Crippen LogP contribution >= 0.6 is 0 Å². The molecule has 0 radical (unpaired) electrons. The highest BCUT2D eigenvalue weighted by molar-refractivity contribution is 5.94. The van der Waals surface area contributed by atoms with Crippen molar-refractivity contribution in [3.63, 3.8) is 0 Å². The molecule has 4 N–H and O–H groups in total. The largest absolute Gasteiger partial charge is 0.462 e. The molecule has 2 aromatic rings. The lowest BCUT2D eigenvalue weighted by Gasteiger charge is -2.49. The van der Waals surface area contributed by atoms with E-state index in [-0.39, 0.29) is 74.7 Å². The number of unbranched alkanes of at least 4 members (excludes halogenated alkanes) is 1. The Balaban J connectivity index is 1.36.